The zero-order chi connectivity index (χ0) is 13.7. The number of rotatable bonds is 5. The lowest BCUT2D eigenvalue weighted by molar-refractivity contribution is 0.388. The van der Waals surface area contributed by atoms with Gasteiger partial charge in [-0.1, -0.05) is 0 Å². The highest BCUT2D eigenvalue weighted by molar-refractivity contribution is 5.45. The van der Waals surface area contributed by atoms with Crippen LogP contribution in [0.2, 0.25) is 0 Å². The molecule has 0 amide bonds. The minimum atomic E-state index is 0.0591. The number of hydrogen-bond acceptors (Lipinski definition) is 4. The van der Waals surface area contributed by atoms with Crippen molar-refractivity contribution in [1.29, 1.82) is 0 Å². The van der Waals surface area contributed by atoms with E-state index in [2.05, 4.69) is 10.3 Å². The van der Waals surface area contributed by atoms with Gasteiger partial charge < -0.3 is 14.8 Å². The fourth-order valence-electron chi connectivity index (χ4n) is 2.11. The molecule has 1 aromatic carbocycles. The normalized spacial score (nSPS) is 11.9. The molecule has 19 heavy (non-hydrogen) atoms. The first-order valence-electron chi connectivity index (χ1n) is 6.09. The van der Waals surface area contributed by atoms with Gasteiger partial charge in [0.1, 0.15) is 11.5 Å². The fraction of sp³-hybridized carbons (Fsp3) is 0.267. The van der Waals surface area contributed by atoms with Crippen molar-refractivity contribution in [2.75, 3.05) is 21.3 Å². The largest absolute Gasteiger partial charge is 0.497 e. The van der Waals surface area contributed by atoms with E-state index < -0.39 is 0 Å². The summed E-state index contributed by atoms with van der Waals surface area (Å²) in [6.07, 6.45) is 3.57. The molecule has 2 rings (SSSR count). The molecule has 1 unspecified atom stereocenters. The second-order valence-corrected chi connectivity index (χ2v) is 4.11. The zero-order valence-corrected chi connectivity index (χ0v) is 11.4. The molecular weight excluding hydrogens is 240 g/mol. The number of methoxy groups -OCH3 is 2. The van der Waals surface area contributed by atoms with Crippen molar-refractivity contribution in [3.63, 3.8) is 0 Å². The van der Waals surface area contributed by atoms with Crippen LogP contribution in [0.1, 0.15) is 17.2 Å². The Morgan fingerprint density at radius 1 is 1.05 bits per heavy atom. The first-order chi connectivity index (χ1) is 9.30. The summed E-state index contributed by atoms with van der Waals surface area (Å²) in [5, 5.41) is 3.30. The first kappa shape index (κ1) is 13.4. The Balaban J connectivity index is 2.43. The van der Waals surface area contributed by atoms with E-state index in [9.17, 15) is 0 Å². The van der Waals surface area contributed by atoms with Crippen molar-refractivity contribution in [2.45, 2.75) is 6.04 Å². The molecule has 0 saturated heterocycles. The third-order valence-corrected chi connectivity index (χ3v) is 3.08. The predicted octanol–water partition coefficient (Wildman–Crippen LogP) is 2.41. The number of nitrogens with zero attached hydrogens (tertiary/aromatic N) is 1. The molecule has 0 bridgehead atoms. The van der Waals surface area contributed by atoms with Gasteiger partial charge in [0.05, 0.1) is 20.3 Å². The standard InChI is InChI=1S/C15H18N2O2/c1-16-15(11-6-8-17-9-7-11)13-5-4-12(18-2)10-14(13)19-3/h4-10,15-16H,1-3H3. The van der Waals surface area contributed by atoms with E-state index in [1.807, 2.05) is 37.4 Å². The molecule has 0 aliphatic rings. The van der Waals surface area contributed by atoms with Crippen LogP contribution in [-0.4, -0.2) is 26.3 Å². The average molecular weight is 258 g/mol. The van der Waals surface area contributed by atoms with E-state index >= 15 is 0 Å². The summed E-state index contributed by atoms with van der Waals surface area (Å²) in [5.41, 5.74) is 2.21. The minimum Gasteiger partial charge on any atom is -0.497 e. The van der Waals surface area contributed by atoms with E-state index in [0.29, 0.717) is 0 Å². The van der Waals surface area contributed by atoms with Gasteiger partial charge in [-0.3, -0.25) is 4.98 Å². The fourth-order valence-corrected chi connectivity index (χ4v) is 2.11. The van der Waals surface area contributed by atoms with Crippen LogP contribution >= 0.6 is 0 Å². The molecule has 0 aliphatic heterocycles. The maximum absolute atomic E-state index is 5.46. The van der Waals surface area contributed by atoms with E-state index in [4.69, 9.17) is 9.47 Å². The maximum atomic E-state index is 5.46. The Labute approximate surface area is 113 Å². The Morgan fingerprint density at radius 3 is 2.37 bits per heavy atom. The number of hydrogen-bond donors (Lipinski definition) is 1. The molecule has 2 aromatic rings. The Hall–Kier alpha value is -2.07. The van der Waals surface area contributed by atoms with Gasteiger partial charge in [-0.05, 0) is 36.9 Å². The first-order valence-corrected chi connectivity index (χ1v) is 6.09. The average Bonchev–Trinajstić information content (AvgIpc) is 2.49. The van der Waals surface area contributed by atoms with Crippen LogP contribution < -0.4 is 14.8 Å². The van der Waals surface area contributed by atoms with Crippen molar-refractivity contribution in [1.82, 2.24) is 10.3 Å². The molecule has 0 saturated carbocycles. The summed E-state index contributed by atoms with van der Waals surface area (Å²) >= 11 is 0. The minimum absolute atomic E-state index is 0.0591. The van der Waals surface area contributed by atoms with Crippen LogP contribution in [0.4, 0.5) is 0 Å². The van der Waals surface area contributed by atoms with Gasteiger partial charge in [0.15, 0.2) is 0 Å². The summed E-state index contributed by atoms with van der Waals surface area (Å²) in [7, 11) is 5.24. The second-order valence-electron chi connectivity index (χ2n) is 4.11. The summed E-state index contributed by atoms with van der Waals surface area (Å²) in [5.74, 6) is 1.58. The molecule has 0 aliphatic carbocycles. The van der Waals surface area contributed by atoms with Crippen molar-refractivity contribution in [2.24, 2.45) is 0 Å². The lowest BCUT2D eigenvalue weighted by Gasteiger charge is -2.20. The van der Waals surface area contributed by atoms with Crippen molar-refractivity contribution >= 4 is 0 Å². The molecule has 1 atom stereocenters. The van der Waals surface area contributed by atoms with Gasteiger partial charge >= 0.3 is 0 Å². The predicted molar refractivity (Wildman–Crippen MR) is 74.7 cm³/mol. The summed E-state index contributed by atoms with van der Waals surface area (Å²) in [6, 6.07) is 9.88. The van der Waals surface area contributed by atoms with Crippen molar-refractivity contribution in [3.8, 4) is 11.5 Å². The van der Waals surface area contributed by atoms with Crippen LogP contribution in [0.5, 0.6) is 11.5 Å². The monoisotopic (exact) mass is 258 g/mol. The topological polar surface area (TPSA) is 43.4 Å². The molecule has 4 heteroatoms. The Morgan fingerprint density at radius 2 is 1.79 bits per heavy atom. The summed E-state index contributed by atoms with van der Waals surface area (Å²) in [6.45, 7) is 0. The van der Waals surface area contributed by atoms with Crippen LogP contribution in [0, 0.1) is 0 Å². The van der Waals surface area contributed by atoms with Gasteiger partial charge in [-0.25, -0.2) is 0 Å². The third-order valence-electron chi connectivity index (χ3n) is 3.08. The maximum Gasteiger partial charge on any atom is 0.127 e. The highest BCUT2D eigenvalue weighted by Crippen LogP contribution is 2.32. The molecule has 0 spiro atoms. The van der Waals surface area contributed by atoms with Gasteiger partial charge in [0, 0.05) is 24.0 Å². The lowest BCUT2D eigenvalue weighted by Crippen LogP contribution is -2.18. The third kappa shape index (κ3) is 2.85. The van der Waals surface area contributed by atoms with Crippen molar-refractivity contribution in [3.05, 3.63) is 53.9 Å². The molecule has 100 valence electrons. The van der Waals surface area contributed by atoms with Crippen LogP contribution in [0.25, 0.3) is 0 Å². The molecule has 4 nitrogen and oxygen atoms in total. The van der Waals surface area contributed by atoms with Gasteiger partial charge in [-0.2, -0.15) is 0 Å². The Bertz CT molecular complexity index is 529. The molecule has 0 radical (unpaired) electrons. The SMILES string of the molecule is CNC(c1ccncc1)c1ccc(OC)cc1OC. The Kier molecular flexibility index (Phi) is 4.36. The number of pyridine rings is 1. The highest BCUT2D eigenvalue weighted by atomic mass is 16.5. The van der Waals surface area contributed by atoms with Crippen LogP contribution in [0.3, 0.4) is 0 Å². The van der Waals surface area contributed by atoms with Crippen LogP contribution in [-0.2, 0) is 0 Å². The highest BCUT2D eigenvalue weighted by Gasteiger charge is 2.16. The number of nitrogens with one attached hydrogen (secondary N) is 1. The summed E-state index contributed by atoms with van der Waals surface area (Å²) in [4.78, 5) is 4.05. The smallest absolute Gasteiger partial charge is 0.127 e. The molecule has 1 N–H and O–H groups in total. The van der Waals surface area contributed by atoms with E-state index in [0.717, 1.165) is 22.6 Å². The second kappa shape index (κ2) is 6.20. The van der Waals surface area contributed by atoms with Crippen molar-refractivity contribution < 1.29 is 9.47 Å². The van der Waals surface area contributed by atoms with Gasteiger partial charge in [0.2, 0.25) is 0 Å². The molecular formula is C15H18N2O2. The lowest BCUT2D eigenvalue weighted by atomic mass is 9.99. The van der Waals surface area contributed by atoms with Gasteiger partial charge in [-0.15, -0.1) is 0 Å². The van der Waals surface area contributed by atoms with E-state index in [1.165, 1.54) is 0 Å². The molecule has 1 heterocycles. The summed E-state index contributed by atoms with van der Waals surface area (Å²) < 4.78 is 10.7. The number of aromatic nitrogens is 1. The van der Waals surface area contributed by atoms with E-state index in [1.54, 1.807) is 26.6 Å². The van der Waals surface area contributed by atoms with Gasteiger partial charge in [0.25, 0.3) is 0 Å². The number of ether oxygens (including phenoxy) is 2. The number of benzene rings is 1. The van der Waals surface area contributed by atoms with E-state index in [-0.39, 0.29) is 6.04 Å². The quantitative estimate of drug-likeness (QED) is 0.894. The van der Waals surface area contributed by atoms with Crippen LogP contribution in [0.15, 0.2) is 42.7 Å². The molecule has 1 aromatic heterocycles. The molecule has 0 fully saturated rings. The zero-order valence-electron chi connectivity index (χ0n) is 11.4.